The number of thioether (sulfide) groups is 1. The summed E-state index contributed by atoms with van der Waals surface area (Å²) < 4.78 is 0. The van der Waals surface area contributed by atoms with Gasteiger partial charge in [0.05, 0.1) is 5.75 Å². The van der Waals surface area contributed by atoms with Gasteiger partial charge in [0.2, 0.25) is 5.91 Å². The molecule has 0 unspecified atom stereocenters. The molecule has 0 saturated carbocycles. The first kappa shape index (κ1) is 19.2. The first-order chi connectivity index (χ1) is 11.5. The van der Waals surface area contributed by atoms with Gasteiger partial charge in [-0.2, -0.15) is 0 Å². The second-order valence-electron chi connectivity index (χ2n) is 5.67. The summed E-state index contributed by atoms with van der Waals surface area (Å²) in [6, 6.07) is 14.0. The predicted octanol–water partition coefficient (Wildman–Crippen LogP) is 5.28. The Bertz CT molecular complexity index is 674. The van der Waals surface area contributed by atoms with Crippen LogP contribution in [0.25, 0.3) is 0 Å². The number of halogens is 2. The first-order valence-electron chi connectivity index (χ1n) is 7.88. The molecule has 2 aromatic rings. The van der Waals surface area contributed by atoms with E-state index in [1.807, 2.05) is 12.1 Å². The van der Waals surface area contributed by atoms with Crippen LogP contribution in [0.3, 0.4) is 0 Å². The van der Waals surface area contributed by atoms with Crippen LogP contribution in [-0.4, -0.2) is 18.2 Å². The van der Waals surface area contributed by atoms with Crippen LogP contribution in [0.5, 0.6) is 0 Å². The molecule has 1 N–H and O–H groups in total. The molecule has 0 atom stereocenters. The zero-order chi connectivity index (χ0) is 17.4. The van der Waals surface area contributed by atoms with Crippen LogP contribution in [0.2, 0.25) is 10.0 Å². The quantitative estimate of drug-likeness (QED) is 0.629. The lowest BCUT2D eigenvalue weighted by atomic mass is 10.1. The molecular formula is C19H21Cl2NOS. The van der Waals surface area contributed by atoms with Gasteiger partial charge in [0.1, 0.15) is 0 Å². The summed E-state index contributed by atoms with van der Waals surface area (Å²) in [5.41, 5.74) is 3.57. The van der Waals surface area contributed by atoms with E-state index in [4.69, 9.17) is 23.2 Å². The van der Waals surface area contributed by atoms with Crippen LogP contribution < -0.4 is 5.32 Å². The molecule has 0 aliphatic rings. The van der Waals surface area contributed by atoms with Gasteiger partial charge < -0.3 is 5.32 Å². The maximum absolute atomic E-state index is 11.8. The summed E-state index contributed by atoms with van der Waals surface area (Å²) in [6.07, 6.45) is 1.93. The Labute approximate surface area is 157 Å². The van der Waals surface area contributed by atoms with Gasteiger partial charge in [-0.1, -0.05) is 59.1 Å². The molecule has 0 aromatic heterocycles. The van der Waals surface area contributed by atoms with Gasteiger partial charge in [0.25, 0.3) is 0 Å². The molecule has 0 radical (unpaired) electrons. The lowest BCUT2D eigenvalue weighted by Crippen LogP contribution is -2.26. The number of benzene rings is 2. The molecule has 128 valence electrons. The Morgan fingerprint density at radius 3 is 2.58 bits per heavy atom. The number of carbonyl (C=O) groups excluding carboxylic acids is 1. The highest BCUT2D eigenvalue weighted by atomic mass is 35.5. The number of nitrogens with one attached hydrogen (secondary N) is 1. The van der Waals surface area contributed by atoms with Crippen LogP contribution in [0.15, 0.2) is 42.5 Å². The van der Waals surface area contributed by atoms with E-state index in [9.17, 15) is 4.79 Å². The molecule has 0 spiro atoms. The zero-order valence-corrected chi connectivity index (χ0v) is 16.0. The smallest absolute Gasteiger partial charge is 0.230 e. The van der Waals surface area contributed by atoms with Gasteiger partial charge in [-0.3, -0.25) is 4.79 Å². The van der Waals surface area contributed by atoms with E-state index in [-0.39, 0.29) is 5.91 Å². The molecule has 2 aromatic carbocycles. The third kappa shape index (κ3) is 6.76. The summed E-state index contributed by atoms with van der Waals surface area (Å²) >= 11 is 13.5. The van der Waals surface area contributed by atoms with Gasteiger partial charge >= 0.3 is 0 Å². The van der Waals surface area contributed by atoms with Gasteiger partial charge in [-0.05, 0) is 43.0 Å². The van der Waals surface area contributed by atoms with Gasteiger partial charge in [-0.15, -0.1) is 11.8 Å². The number of hydrogen-bond acceptors (Lipinski definition) is 2. The van der Waals surface area contributed by atoms with Crippen LogP contribution in [0.4, 0.5) is 0 Å². The Kier molecular flexibility index (Phi) is 7.97. The number of hydrogen-bond donors (Lipinski definition) is 1. The number of rotatable bonds is 8. The maximum Gasteiger partial charge on any atom is 0.230 e. The van der Waals surface area contributed by atoms with E-state index in [1.165, 1.54) is 11.1 Å². The van der Waals surface area contributed by atoms with E-state index in [0.29, 0.717) is 28.1 Å². The van der Waals surface area contributed by atoms with Crippen molar-refractivity contribution in [3.63, 3.8) is 0 Å². The molecule has 0 bridgehead atoms. The second-order valence-corrected chi connectivity index (χ2v) is 7.50. The van der Waals surface area contributed by atoms with Crippen molar-refractivity contribution in [3.05, 3.63) is 69.2 Å². The molecular weight excluding hydrogens is 361 g/mol. The summed E-state index contributed by atoms with van der Waals surface area (Å²) in [6.45, 7) is 2.79. The monoisotopic (exact) mass is 381 g/mol. The topological polar surface area (TPSA) is 29.1 Å². The standard InChI is InChI=1S/C19H21Cl2NOS/c1-14-4-6-15(7-5-14)3-2-10-22-19(23)13-24-12-16-8-9-17(20)11-18(16)21/h4-9,11H,2-3,10,12-13H2,1H3,(H,22,23). The first-order valence-corrected chi connectivity index (χ1v) is 9.79. The summed E-state index contributed by atoms with van der Waals surface area (Å²) in [4.78, 5) is 11.8. The highest BCUT2D eigenvalue weighted by Gasteiger charge is 2.05. The van der Waals surface area contributed by atoms with Gasteiger partial charge in [-0.25, -0.2) is 0 Å². The van der Waals surface area contributed by atoms with Crippen molar-refractivity contribution in [1.29, 1.82) is 0 Å². The maximum atomic E-state index is 11.8. The largest absolute Gasteiger partial charge is 0.355 e. The summed E-state index contributed by atoms with van der Waals surface area (Å²) in [5.74, 6) is 1.20. The molecule has 0 saturated heterocycles. The van der Waals surface area contributed by atoms with Crippen molar-refractivity contribution in [1.82, 2.24) is 5.32 Å². The lowest BCUT2D eigenvalue weighted by Gasteiger charge is -2.07. The average Bonchev–Trinajstić information content (AvgIpc) is 2.55. The number of aryl methyl sites for hydroxylation is 2. The van der Waals surface area contributed by atoms with Gasteiger partial charge in [0.15, 0.2) is 0 Å². The fourth-order valence-electron chi connectivity index (χ4n) is 2.22. The van der Waals surface area contributed by atoms with Gasteiger partial charge in [0, 0.05) is 22.3 Å². The van der Waals surface area contributed by atoms with Crippen molar-refractivity contribution in [3.8, 4) is 0 Å². The third-order valence-electron chi connectivity index (χ3n) is 3.59. The summed E-state index contributed by atoms with van der Waals surface area (Å²) in [7, 11) is 0. The molecule has 5 heteroatoms. The Hall–Kier alpha value is -1.16. The predicted molar refractivity (Wildman–Crippen MR) is 105 cm³/mol. The van der Waals surface area contributed by atoms with E-state index >= 15 is 0 Å². The van der Waals surface area contributed by atoms with E-state index in [1.54, 1.807) is 17.8 Å². The van der Waals surface area contributed by atoms with Crippen LogP contribution in [0.1, 0.15) is 23.1 Å². The Balaban J connectivity index is 1.60. The van der Waals surface area contributed by atoms with Crippen molar-refractivity contribution in [2.24, 2.45) is 0 Å². The number of amides is 1. The molecule has 0 fully saturated rings. The molecule has 0 heterocycles. The highest BCUT2D eigenvalue weighted by Crippen LogP contribution is 2.24. The molecule has 0 aliphatic heterocycles. The summed E-state index contributed by atoms with van der Waals surface area (Å²) in [5, 5.41) is 4.23. The van der Waals surface area contributed by atoms with Crippen LogP contribution in [-0.2, 0) is 17.0 Å². The van der Waals surface area contributed by atoms with Crippen molar-refractivity contribution >= 4 is 40.9 Å². The minimum Gasteiger partial charge on any atom is -0.355 e. The highest BCUT2D eigenvalue weighted by molar-refractivity contribution is 7.99. The van der Waals surface area contributed by atoms with E-state index in [0.717, 1.165) is 18.4 Å². The average molecular weight is 382 g/mol. The number of carbonyl (C=O) groups is 1. The minimum atomic E-state index is 0.0639. The second kappa shape index (κ2) is 9.97. The Morgan fingerprint density at radius 2 is 1.88 bits per heavy atom. The van der Waals surface area contributed by atoms with Crippen molar-refractivity contribution < 1.29 is 4.79 Å². The fourth-order valence-corrected chi connectivity index (χ4v) is 3.63. The SMILES string of the molecule is Cc1ccc(CCCNC(=O)CSCc2ccc(Cl)cc2Cl)cc1. The molecule has 24 heavy (non-hydrogen) atoms. The van der Waals surface area contributed by atoms with Crippen molar-refractivity contribution in [2.45, 2.75) is 25.5 Å². The normalized spacial score (nSPS) is 10.6. The minimum absolute atomic E-state index is 0.0639. The third-order valence-corrected chi connectivity index (χ3v) is 5.16. The molecule has 1 amide bonds. The fraction of sp³-hybridized carbons (Fsp3) is 0.316. The van der Waals surface area contributed by atoms with E-state index in [2.05, 4.69) is 36.5 Å². The van der Waals surface area contributed by atoms with E-state index < -0.39 is 0 Å². The zero-order valence-electron chi connectivity index (χ0n) is 13.6. The molecule has 2 nitrogen and oxygen atoms in total. The molecule has 0 aliphatic carbocycles. The van der Waals surface area contributed by atoms with Crippen LogP contribution >= 0.6 is 35.0 Å². The Morgan fingerprint density at radius 1 is 1.12 bits per heavy atom. The molecule has 2 rings (SSSR count). The van der Waals surface area contributed by atoms with Crippen LogP contribution in [0, 0.1) is 6.92 Å². The van der Waals surface area contributed by atoms with Crippen molar-refractivity contribution in [2.75, 3.05) is 12.3 Å². The lowest BCUT2D eigenvalue weighted by molar-refractivity contribution is -0.118.